The number of anilines is 2. The third-order valence-electron chi connectivity index (χ3n) is 6.54. The zero-order valence-corrected chi connectivity index (χ0v) is 19.0. The summed E-state index contributed by atoms with van der Waals surface area (Å²) in [6.45, 7) is 0.856. The highest BCUT2D eigenvalue weighted by atomic mass is 19.3. The fourth-order valence-corrected chi connectivity index (χ4v) is 4.28. The first-order valence-corrected chi connectivity index (χ1v) is 11.8. The van der Waals surface area contributed by atoms with Crippen molar-refractivity contribution in [3.05, 3.63) is 42.2 Å². The standard InChI is InChI=1S/C24H26F2N6O3/c25-22(26)21-18(11-32(31-21)17-5-3-15(12-33)4-6-17)29-23(34)19-13-35-24(30-19)16-7-8-27-20(9-16)28-10-14-1-2-14/h7-9,11-15,17,22H,1-6,10H2,(H,27,28)(H,29,34)/t15-,17-. The van der Waals surface area contributed by atoms with E-state index >= 15 is 0 Å². The summed E-state index contributed by atoms with van der Waals surface area (Å²) in [5.74, 6) is 0.930. The van der Waals surface area contributed by atoms with Crippen LogP contribution in [0.2, 0.25) is 0 Å². The minimum atomic E-state index is -2.86. The van der Waals surface area contributed by atoms with Crippen molar-refractivity contribution >= 4 is 23.7 Å². The summed E-state index contributed by atoms with van der Waals surface area (Å²) in [5, 5.41) is 9.80. The zero-order chi connectivity index (χ0) is 24.4. The number of rotatable bonds is 9. The van der Waals surface area contributed by atoms with E-state index in [9.17, 15) is 18.4 Å². The van der Waals surface area contributed by atoms with Crippen molar-refractivity contribution in [3.63, 3.8) is 0 Å². The number of oxazole rings is 1. The van der Waals surface area contributed by atoms with Crippen LogP contribution in [-0.2, 0) is 4.79 Å². The van der Waals surface area contributed by atoms with E-state index in [1.54, 1.807) is 18.3 Å². The Morgan fingerprint density at radius 1 is 1.23 bits per heavy atom. The minimum absolute atomic E-state index is 0.00219. The van der Waals surface area contributed by atoms with E-state index in [0.29, 0.717) is 43.0 Å². The van der Waals surface area contributed by atoms with Crippen LogP contribution in [-0.4, -0.2) is 38.5 Å². The number of hydrogen-bond donors (Lipinski definition) is 2. The summed E-state index contributed by atoms with van der Waals surface area (Å²) in [6, 6.07) is 3.41. The van der Waals surface area contributed by atoms with Gasteiger partial charge in [-0.3, -0.25) is 9.48 Å². The van der Waals surface area contributed by atoms with Crippen LogP contribution in [0.1, 0.15) is 67.2 Å². The lowest BCUT2D eigenvalue weighted by Gasteiger charge is -2.25. The normalized spacial score (nSPS) is 20.1. The molecule has 184 valence electrons. The number of amides is 1. The zero-order valence-electron chi connectivity index (χ0n) is 19.0. The van der Waals surface area contributed by atoms with Crippen LogP contribution in [0, 0.1) is 11.8 Å². The molecule has 9 nitrogen and oxygen atoms in total. The van der Waals surface area contributed by atoms with Gasteiger partial charge in [0.1, 0.15) is 18.4 Å². The van der Waals surface area contributed by atoms with Gasteiger partial charge in [0.25, 0.3) is 12.3 Å². The molecule has 0 spiro atoms. The maximum absolute atomic E-state index is 13.6. The van der Waals surface area contributed by atoms with Crippen LogP contribution >= 0.6 is 0 Å². The predicted molar refractivity (Wildman–Crippen MR) is 123 cm³/mol. The predicted octanol–water partition coefficient (Wildman–Crippen LogP) is 4.88. The molecule has 2 N–H and O–H groups in total. The molecule has 2 aliphatic rings. The first kappa shape index (κ1) is 23.1. The molecule has 11 heteroatoms. The smallest absolute Gasteiger partial charge is 0.284 e. The van der Waals surface area contributed by atoms with Crippen molar-refractivity contribution in [1.29, 1.82) is 0 Å². The maximum atomic E-state index is 13.6. The molecule has 3 aromatic rings. The van der Waals surface area contributed by atoms with Crippen molar-refractivity contribution in [2.75, 3.05) is 17.2 Å². The number of aldehydes is 1. The molecule has 2 aliphatic carbocycles. The van der Waals surface area contributed by atoms with Gasteiger partial charge in [-0.15, -0.1) is 0 Å². The van der Waals surface area contributed by atoms with Gasteiger partial charge in [-0.25, -0.2) is 18.7 Å². The Morgan fingerprint density at radius 3 is 2.74 bits per heavy atom. The number of hydrogen-bond acceptors (Lipinski definition) is 7. The number of nitrogens with zero attached hydrogens (tertiary/aromatic N) is 4. The van der Waals surface area contributed by atoms with Crippen molar-refractivity contribution in [2.45, 2.75) is 51.0 Å². The summed E-state index contributed by atoms with van der Waals surface area (Å²) in [6.07, 6.45) is 7.47. The third kappa shape index (κ3) is 5.39. The number of aromatic nitrogens is 4. The molecular formula is C24H26F2N6O3. The molecule has 1 amide bonds. The van der Waals surface area contributed by atoms with E-state index in [-0.39, 0.29) is 29.2 Å². The number of carbonyl (C=O) groups excluding carboxylic acids is 2. The summed E-state index contributed by atoms with van der Waals surface area (Å²) in [4.78, 5) is 32.3. The van der Waals surface area contributed by atoms with E-state index in [2.05, 4.69) is 25.7 Å². The highest BCUT2D eigenvalue weighted by Gasteiger charge is 2.27. The summed E-state index contributed by atoms with van der Waals surface area (Å²) in [7, 11) is 0. The topological polar surface area (TPSA) is 115 Å². The first-order valence-electron chi connectivity index (χ1n) is 11.8. The van der Waals surface area contributed by atoms with Crippen LogP contribution in [0.25, 0.3) is 11.5 Å². The van der Waals surface area contributed by atoms with Crippen molar-refractivity contribution in [2.24, 2.45) is 11.8 Å². The highest BCUT2D eigenvalue weighted by molar-refractivity contribution is 6.03. The van der Waals surface area contributed by atoms with Gasteiger partial charge in [0.15, 0.2) is 11.4 Å². The molecule has 0 aromatic carbocycles. The molecule has 35 heavy (non-hydrogen) atoms. The molecule has 0 atom stereocenters. The summed E-state index contributed by atoms with van der Waals surface area (Å²) in [5.41, 5.74) is 0.0377. The van der Waals surface area contributed by atoms with Gasteiger partial charge in [0, 0.05) is 30.4 Å². The average Bonchev–Trinajstić information content (AvgIpc) is 3.39. The van der Waals surface area contributed by atoms with Crippen LogP contribution in [0.5, 0.6) is 0 Å². The number of carbonyl (C=O) groups is 2. The SMILES string of the molecule is O=C[C@H]1CC[C@H](n2cc(NC(=O)c3coc(-c4ccnc(NCC5CC5)c4)n3)c(C(F)F)n2)CC1. The van der Waals surface area contributed by atoms with Gasteiger partial charge in [-0.2, -0.15) is 5.10 Å². The minimum Gasteiger partial charge on any atom is -0.444 e. The lowest BCUT2D eigenvalue weighted by Crippen LogP contribution is -2.19. The lowest BCUT2D eigenvalue weighted by atomic mass is 9.87. The van der Waals surface area contributed by atoms with Crippen LogP contribution < -0.4 is 10.6 Å². The average molecular weight is 485 g/mol. The van der Waals surface area contributed by atoms with Crippen molar-refractivity contribution in [3.8, 4) is 11.5 Å². The van der Waals surface area contributed by atoms with Crippen LogP contribution in [0.15, 0.2) is 35.2 Å². The second-order valence-electron chi connectivity index (χ2n) is 9.16. The molecule has 0 unspecified atom stereocenters. The maximum Gasteiger partial charge on any atom is 0.284 e. The van der Waals surface area contributed by atoms with Crippen LogP contribution in [0.4, 0.5) is 20.3 Å². The molecule has 2 fully saturated rings. The van der Waals surface area contributed by atoms with Crippen molar-refractivity contribution in [1.82, 2.24) is 19.7 Å². The summed E-state index contributed by atoms with van der Waals surface area (Å²) >= 11 is 0. The summed E-state index contributed by atoms with van der Waals surface area (Å²) < 4.78 is 34.2. The Morgan fingerprint density at radius 2 is 2.03 bits per heavy atom. The number of pyridine rings is 1. The van der Waals surface area contributed by atoms with Gasteiger partial charge in [0.2, 0.25) is 5.89 Å². The van der Waals surface area contributed by atoms with Gasteiger partial charge < -0.3 is 19.8 Å². The number of alkyl halides is 2. The Hall–Kier alpha value is -3.63. The van der Waals surface area contributed by atoms with E-state index < -0.39 is 18.0 Å². The van der Waals surface area contributed by atoms with Crippen LogP contribution in [0.3, 0.4) is 0 Å². The van der Waals surface area contributed by atoms with E-state index in [1.165, 1.54) is 30.0 Å². The molecule has 5 rings (SSSR count). The largest absolute Gasteiger partial charge is 0.444 e. The first-order chi connectivity index (χ1) is 17.0. The number of halogens is 2. The van der Waals surface area contributed by atoms with Gasteiger partial charge in [0.05, 0.1) is 11.7 Å². The van der Waals surface area contributed by atoms with E-state index in [4.69, 9.17) is 4.42 Å². The van der Waals surface area contributed by atoms with Gasteiger partial charge in [-0.1, -0.05) is 0 Å². The Labute approximate surface area is 200 Å². The molecule has 0 bridgehead atoms. The van der Waals surface area contributed by atoms with E-state index in [0.717, 1.165) is 12.8 Å². The molecule has 0 aliphatic heterocycles. The Kier molecular flexibility index (Phi) is 6.56. The Balaban J connectivity index is 1.28. The molecule has 0 radical (unpaired) electrons. The fourth-order valence-electron chi connectivity index (χ4n) is 4.28. The molecule has 3 heterocycles. The van der Waals surface area contributed by atoms with E-state index in [1.807, 2.05) is 0 Å². The lowest BCUT2D eigenvalue weighted by molar-refractivity contribution is -0.112. The second-order valence-corrected chi connectivity index (χ2v) is 9.16. The molecule has 3 aromatic heterocycles. The van der Waals surface area contributed by atoms with Gasteiger partial charge >= 0.3 is 0 Å². The highest BCUT2D eigenvalue weighted by Crippen LogP contribution is 2.34. The quantitative estimate of drug-likeness (QED) is 0.416. The second kappa shape index (κ2) is 9.93. The fraction of sp³-hybridized carbons (Fsp3) is 0.458. The molecular weight excluding hydrogens is 458 g/mol. The number of nitrogens with one attached hydrogen (secondary N) is 2. The molecule has 2 saturated carbocycles. The third-order valence-corrected chi connectivity index (χ3v) is 6.54. The monoisotopic (exact) mass is 484 g/mol. The Bertz CT molecular complexity index is 1200. The van der Waals surface area contributed by atoms with Crippen molar-refractivity contribution < 1.29 is 22.8 Å². The molecule has 0 saturated heterocycles. The van der Waals surface area contributed by atoms with Gasteiger partial charge in [-0.05, 0) is 56.6 Å².